The number of nitrogens with one attached hydrogen (secondary N) is 1. The molecule has 3 atom stereocenters. The molecular formula is C19H26N2O3. The van der Waals surface area contributed by atoms with E-state index in [2.05, 4.69) is 41.3 Å². The van der Waals surface area contributed by atoms with Gasteiger partial charge in [-0.1, -0.05) is 12.1 Å². The maximum absolute atomic E-state index is 9.82. The lowest BCUT2D eigenvalue weighted by atomic mass is 9.68. The zero-order chi connectivity index (χ0) is 16.7. The SMILES string of the molecule is COCCO[C@]12C[C@@H](CO)CN(C)[C@@H]1Cc1c[nH]c3cccc2c13. The van der Waals surface area contributed by atoms with E-state index in [0.29, 0.717) is 13.2 Å². The Hall–Kier alpha value is -1.40. The van der Waals surface area contributed by atoms with Gasteiger partial charge in [0.25, 0.3) is 0 Å². The van der Waals surface area contributed by atoms with Gasteiger partial charge in [0.15, 0.2) is 0 Å². The van der Waals surface area contributed by atoms with Crippen molar-refractivity contribution in [3.8, 4) is 0 Å². The normalized spacial score (nSPS) is 29.8. The summed E-state index contributed by atoms with van der Waals surface area (Å²) in [7, 11) is 3.85. The average molecular weight is 330 g/mol. The Balaban J connectivity index is 1.85. The van der Waals surface area contributed by atoms with Crippen molar-refractivity contribution in [3.05, 3.63) is 35.5 Å². The highest BCUT2D eigenvalue weighted by molar-refractivity contribution is 5.88. The molecule has 2 aliphatic rings. The predicted molar refractivity (Wildman–Crippen MR) is 93.1 cm³/mol. The number of aliphatic hydroxyl groups excluding tert-OH is 1. The highest BCUT2D eigenvalue weighted by Gasteiger charge is 2.51. The van der Waals surface area contributed by atoms with Gasteiger partial charge in [-0.05, 0) is 43.0 Å². The standard InChI is InChI=1S/C19H26N2O3/c1-21-11-13(12-22)9-19(24-7-6-23-2)15-4-3-5-16-18(15)14(10-20-16)8-17(19)21/h3-5,10,13,17,20,22H,6-9,11-12H2,1-2H3/t13-,17-,19+/m1/s1. The monoisotopic (exact) mass is 330 g/mol. The molecule has 24 heavy (non-hydrogen) atoms. The van der Waals surface area contributed by atoms with Crippen LogP contribution in [0.4, 0.5) is 0 Å². The van der Waals surface area contributed by atoms with Gasteiger partial charge in [-0.3, -0.25) is 4.90 Å². The lowest BCUT2D eigenvalue weighted by Gasteiger charge is -2.53. The summed E-state index contributed by atoms with van der Waals surface area (Å²) in [6, 6.07) is 6.71. The number of rotatable bonds is 5. The quantitative estimate of drug-likeness (QED) is 0.822. The number of likely N-dealkylation sites (tertiary alicyclic amines) is 1. The summed E-state index contributed by atoms with van der Waals surface area (Å²) in [6.07, 6.45) is 3.96. The van der Waals surface area contributed by atoms with E-state index in [1.54, 1.807) is 7.11 Å². The lowest BCUT2D eigenvalue weighted by molar-refractivity contribution is -0.156. The molecule has 2 aromatic rings. The van der Waals surface area contributed by atoms with Crippen molar-refractivity contribution in [1.82, 2.24) is 9.88 Å². The Labute approximate surface area is 142 Å². The highest BCUT2D eigenvalue weighted by Crippen LogP contribution is 2.49. The van der Waals surface area contributed by atoms with Crippen molar-refractivity contribution >= 4 is 10.9 Å². The Morgan fingerprint density at radius 2 is 2.25 bits per heavy atom. The fourth-order valence-electron chi connectivity index (χ4n) is 4.77. The summed E-state index contributed by atoms with van der Waals surface area (Å²) in [5.74, 6) is 0.226. The molecule has 1 saturated heterocycles. The lowest BCUT2D eigenvalue weighted by Crippen LogP contribution is -2.60. The Morgan fingerprint density at radius 1 is 1.38 bits per heavy atom. The van der Waals surface area contributed by atoms with E-state index in [1.807, 2.05) is 0 Å². The van der Waals surface area contributed by atoms with Gasteiger partial charge in [-0.25, -0.2) is 0 Å². The van der Waals surface area contributed by atoms with E-state index in [0.717, 1.165) is 19.4 Å². The molecule has 0 unspecified atom stereocenters. The van der Waals surface area contributed by atoms with Crippen LogP contribution in [0, 0.1) is 5.92 Å². The fraction of sp³-hybridized carbons (Fsp3) is 0.579. The first-order valence-corrected chi connectivity index (χ1v) is 8.73. The van der Waals surface area contributed by atoms with Gasteiger partial charge in [-0.15, -0.1) is 0 Å². The van der Waals surface area contributed by atoms with E-state index < -0.39 is 0 Å². The molecular weight excluding hydrogens is 304 g/mol. The molecule has 5 nitrogen and oxygen atoms in total. The summed E-state index contributed by atoms with van der Waals surface area (Å²) < 4.78 is 11.8. The molecule has 4 rings (SSSR count). The number of fused-ring (bicyclic) bond motifs is 2. The summed E-state index contributed by atoms with van der Waals surface area (Å²) in [5.41, 5.74) is 3.41. The molecule has 1 fully saturated rings. The summed E-state index contributed by atoms with van der Waals surface area (Å²) >= 11 is 0. The molecule has 0 amide bonds. The summed E-state index contributed by atoms with van der Waals surface area (Å²) in [4.78, 5) is 5.77. The van der Waals surface area contributed by atoms with Crippen LogP contribution in [-0.2, 0) is 21.5 Å². The zero-order valence-corrected chi connectivity index (χ0v) is 14.4. The van der Waals surface area contributed by atoms with Crippen molar-refractivity contribution in [1.29, 1.82) is 0 Å². The molecule has 0 bridgehead atoms. The van der Waals surface area contributed by atoms with Crippen molar-refractivity contribution in [3.63, 3.8) is 0 Å². The highest BCUT2D eigenvalue weighted by atomic mass is 16.5. The Morgan fingerprint density at radius 3 is 3.04 bits per heavy atom. The third kappa shape index (κ3) is 2.30. The minimum atomic E-state index is -0.381. The van der Waals surface area contributed by atoms with E-state index >= 15 is 0 Å². The second-order valence-electron chi connectivity index (χ2n) is 7.19. The fourth-order valence-corrected chi connectivity index (χ4v) is 4.77. The summed E-state index contributed by atoms with van der Waals surface area (Å²) in [6.45, 7) is 2.25. The number of nitrogens with zero attached hydrogens (tertiary/aromatic N) is 1. The van der Waals surface area contributed by atoms with Gasteiger partial charge >= 0.3 is 0 Å². The number of aromatic nitrogens is 1. The van der Waals surface area contributed by atoms with Crippen LogP contribution in [0.25, 0.3) is 10.9 Å². The number of ether oxygens (including phenoxy) is 2. The van der Waals surface area contributed by atoms with Gasteiger partial charge < -0.3 is 19.6 Å². The molecule has 1 aromatic heterocycles. The molecule has 130 valence electrons. The van der Waals surface area contributed by atoms with Gasteiger partial charge in [0.1, 0.15) is 5.60 Å². The molecule has 2 N–H and O–H groups in total. The van der Waals surface area contributed by atoms with Crippen LogP contribution >= 0.6 is 0 Å². The van der Waals surface area contributed by atoms with Crippen LogP contribution < -0.4 is 0 Å². The van der Waals surface area contributed by atoms with Crippen LogP contribution in [-0.4, -0.2) is 61.6 Å². The molecule has 0 spiro atoms. The predicted octanol–water partition coefficient (Wildman–Crippen LogP) is 1.89. The second kappa shape index (κ2) is 6.15. The molecule has 1 aliphatic heterocycles. The van der Waals surface area contributed by atoms with Crippen LogP contribution in [0.3, 0.4) is 0 Å². The summed E-state index contributed by atoms with van der Waals surface area (Å²) in [5, 5.41) is 11.1. The number of benzene rings is 1. The van der Waals surface area contributed by atoms with Gasteiger partial charge in [0.05, 0.1) is 13.2 Å². The Bertz CT molecular complexity index is 728. The molecule has 1 aromatic carbocycles. The number of piperidine rings is 1. The van der Waals surface area contributed by atoms with Crippen molar-refractivity contribution < 1.29 is 14.6 Å². The molecule has 0 radical (unpaired) electrons. The van der Waals surface area contributed by atoms with E-state index in [4.69, 9.17) is 9.47 Å². The molecule has 2 heterocycles. The third-order valence-corrected chi connectivity index (χ3v) is 5.77. The van der Waals surface area contributed by atoms with Crippen molar-refractivity contribution in [2.24, 2.45) is 5.92 Å². The topological polar surface area (TPSA) is 57.7 Å². The molecule has 1 aliphatic carbocycles. The molecule has 5 heteroatoms. The maximum Gasteiger partial charge on any atom is 0.110 e. The first kappa shape index (κ1) is 16.1. The number of hydrogen-bond donors (Lipinski definition) is 2. The third-order valence-electron chi connectivity index (χ3n) is 5.77. The van der Waals surface area contributed by atoms with Crippen LogP contribution in [0.5, 0.6) is 0 Å². The Kier molecular flexibility index (Phi) is 4.12. The largest absolute Gasteiger partial charge is 0.396 e. The smallest absolute Gasteiger partial charge is 0.110 e. The van der Waals surface area contributed by atoms with Gasteiger partial charge in [-0.2, -0.15) is 0 Å². The number of aliphatic hydroxyl groups is 1. The van der Waals surface area contributed by atoms with Crippen LogP contribution in [0.15, 0.2) is 24.4 Å². The first-order chi connectivity index (χ1) is 11.7. The van der Waals surface area contributed by atoms with E-state index in [-0.39, 0.29) is 24.2 Å². The minimum Gasteiger partial charge on any atom is -0.396 e. The van der Waals surface area contributed by atoms with E-state index in [9.17, 15) is 5.11 Å². The van der Waals surface area contributed by atoms with Crippen molar-refractivity contribution in [2.75, 3.05) is 40.5 Å². The second-order valence-corrected chi connectivity index (χ2v) is 7.19. The van der Waals surface area contributed by atoms with Crippen LogP contribution in [0.1, 0.15) is 17.5 Å². The number of methoxy groups -OCH3 is 1. The number of likely N-dealkylation sites (N-methyl/N-ethyl adjacent to an activating group) is 1. The average Bonchev–Trinajstić information content (AvgIpc) is 3.01. The maximum atomic E-state index is 9.82. The zero-order valence-electron chi connectivity index (χ0n) is 14.4. The minimum absolute atomic E-state index is 0.197. The number of aromatic amines is 1. The molecule has 0 saturated carbocycles. The first-order valence-electron chi connectivity index (χ1n) is 8.73. The number of H-pyrrole nitrogens is 1. The van der Waals surface area contributed by atoms with Gasteiger partial charge in [0.2, 0.25) is 0 Å². The number of hydrogen-bond acceptors (Lipinski definition) is 4. The van der Waals surface area contributed by atoms with E-state index in [1.165, 1.54) is 22.0 Å². The van der Waals surface area contributed by atoms with Crippen molar-refractivity contribution in [2.45, 2.75) is 24.5 Å². The van der Waals surface area contributed by atoms with Crippen LogP contribution in [0.2, 0.25) is 0 Å². The van der Waals surface area contributed by atoms with Gasteiger partial charge in [0, 0.05) is 43.4 Å².